The monoisotopic (exact) mass is 370 g/mol. The lowest BCUT2D eigenvalue weighted by Crippen LogP contribution is -2.26. The van der Waals surface area contributed by atoms with Crippen molar-refractivity contribution >= 4 is 17.5 Å². The van der Waals surface area contributed by atoms with Gasteiger partial charge in [0.15, 0.2) is 0 Å². The number of hydrogen-bond donors (Lipinski definition) is 1. The molecular weight excluding hydrogens is 352 g/mol. The van der Waals surface area contributed by atoms with Crippen LogP contribution in [0.25, 0.3) is 11.5 Å². The van der Waals surface area contributed by atoms with Crippen molar-refractivity contribution < 1.29 is 13.9 Å². The van der Waals surface area contributed by atoms with Gasteiger partial charge in [-0.05, 0) is 31.2 Å². The third-order valence-electron chi connectivity index (χ3n) is 3.98. The SMILES string of the molecule is COc1c(Cl)cccc1C(=O)NCCc1nc(-c2ccccc2)oc1C. The molecule has 1 aromatic heterocycles. The number of ether oxygens (including phenoxy) is 1. The highest BCUT2D eigenvalue weighted by atomic mass is 35.5. The van der Waals surface area contributed by atoms with Gasteiger partial charge in [-0.2, -0.15) is 0 Å². The number of aryl methyl sites for hydroxylation is 1. The molecule has 0 bridgehead atoms. The van der Waals surface area contributed by atoms with Crippen LogP contribution in [0.5, 0.6) is 5.75 Å². The molecule has 0 saturated heterocycles. The summed E-state index contributed by atoms with van der Waals surface area (Å²) in [5.41, 5.74) is 2.15. The van der Waals surface area contributed by atoms with Crippen LogP contribution in [0, 0.1) is 6.92 Å². The fourth-order valence-corrected chi connectivity index (χ4v) is 2.90. The number of para-hydroxylation sites is 1. The molecule has 2 aromatic carbocycles. The maximum atomic E-state index is 12.4. The minimum atomic E-state index is -0.242. The molecule has 0 unspecified atom stereocenters. The van der Waals surface area contributed by atoms with E-state index in [1.54, 1.807) is 18.2 Å². The molecule has 0 spiro atoms. The zero-order valence-corrected chi connectivity index (χ0v) is 15.3. The summed E-state index contributed by atoms with van der Waals surface area (Å²) in [6.45, 7) is 2.30. The molecule has 134 valence electrons. The lowest BCUT2D eigenvalue weighted by Gasteiger charge is -2.10. The maximum Gasteiger partial charge on any atom is 0.255 e. The molecule has 3 rings (SSSR count). The lowest BCUT2D eigenvalue weighted by atomic mass is 10.2. The second kappa shape index (κ2) is 8.06. The largest absolute Gasteiger partial charge is 0.494 e. The first-order valence-electron chi connectivity index (χ1n) is 8.22. The molecule has 1 heterocycles. The average Bonchev–Trinajstić information content (AvgIpc) is 3.03. The van der Waals surface area contributed by atoms with E-state index < -0.39 is 0 Å². The van der Waals surface area contributed by atoms with Crippen molar-refractivity contribution in [2.45, 2.75) is 13.3 Å². The summed E-state index contributed by atoms with van der Waals surface area (Å²) in [4.78, 5) is 16.9. The number of methoxy groups -OCH3 is 1. The van der Waals surface area contributed by atoms with Crippen molar-refractivity contribution in [3.8, 4) is 17.2 Å². The summed E-state index contributed by atoms with van der Waals surface area (Å²) in [6.07, 6.45) is 0.566. The number of benzene rings is 2. The van der Waals surface area contributed by atoms with E-state index in [1.807, 2.05) is 37.3 Å². The minimum absolute atomic E-state index is 0.242. The molecule has 0 fully saturated rings. The quantitative estimate of drug-likeness (QED) is 0.703. The number of rotatable bonds is 6. The van der Waals surface area contributed by atoms with E-state index in [9.17, 15) is 4.79 Å². The molecule has 0 atom stereocenters. The van der Waals surface area contributed by atoms with Gasteiger partial charge in [0.05, 0.1) is 23.4 Å². The molecule has 3 aromatic rings. The third kappa shape index (κ3) is 3.89. The predicted molar refractivity (Wildman–Crippen MR) is 101 cm³/mol. The lowest BCUT2D eigenvalue weighted by molar-refractivity contribution is 0.0951. The van der Waals surface area contributed by atoms with Gasteiger partial charge in [-0.25, -0.2) is 4.98 Å². The Morgan fingerprint density at radius 3 is 2.69 bits per heavy atom. The number of aromatic nitrogens is 1. The van der Waals surface area contributed by atoms with Gasteiger partial charge in [0.25, 0.3) is 5.91 Å². The standard InChI is InChI=1S/C20H19ClN2O3/c1-13-17(23-20(26-13)14-7-4-3-5-8-14)11-12-22-19(24)15-9-6-10-16(21)18(15)25-2/h3-10H,11-12H2,1-2H3,(H,22,24). The van der Waals surface area contributed by atoms with Gasteiger partial charge in [0.1, 0.15) is 11.5 Å². The third-order valence-corrected chi connectivity index (χ3v) is 4.27. The van der Waals surface area contributed by atoms with Crippen molar-refractivity contribution in [3.05, 3.63) is 70.6 Å². The fraction of sp³-hybridized carbons (Fsp3) is 0.200. The Morgan fingerprint density at radius 1 is 1.19 bits per heavy atom. The molecule has 0 saturated carbocycles. The van der Waals surface area contributed by atoms with Gasteiger partial charge in [-0.1, -0.05) is 35.9 Å². The predicted octanol–water partition coefficient (Wildman–Crippen LogP) is 4.28. The van der Waals surface area contributed by atoms with Crippen LogP contribution in [0.15, 0.2) is 52.9 Å². The first-order chi connectivity index (χ1) is 12.6. The average molecular weight is 371 g/mol. The van der Waals surface area contributed by atoms with Crippen LogP contribution < -0.4 is 10.1 Å². The molecule has 0 aliphatic rings. The normalized spacial score (nSPS) is 10.6. The summed E-state index contributed by atoms with van der Waals surface area (Å²) in [7, 11) is 1.49. The van der Waals surface area contributed by atoms with E-state index in [4.69, 9.17) is 20.8 Å². The molecule has 1 amide bonds. The van der Waals surface area contributed by atoms with Crippen molar-refractivity contribution in [1.82, 2.24) is 10.3 Å². The highest BCUT2D eigenvalue weighted by Gasteiger charge is 2.15. The second-order valence-corrected chi connectivity index (χ2v) is 6.12. The second-order valence-electron chi connectivity index (χ2n) is 5.71. The van der Waals surface area contributed by atoms with Crippen LogP contribution in [0.2, 0.25) is 5.02 Å². The topological polar surface area (TPSA) is 64.4 Å². The van der Waals surface area contributed by atoms with E-state index in [-0.39, 0.29) is 5.91 Å². The molecule has 5 nitrogen and oxygen atoms in total. The fourth-order valence-electron chi connectivity index (χ4n) is 2.65. The van der Waals surface area contributed by atoms with Gasteiger partial charge < -0.3 is 14.5 Å². The highest BCUT2D eigenvalue weighted by molar-refractivity contribution is 6.32. The maximum absolute atomic E-state index is 12.4. The number of carbonyl (C=O) groups excluding carboxylic acids is 1. The first-order valence-corrected chi connectivity index (χ1v) is 8.60. The van der Waals surface area contributed by atoms with Crippen molar-refractivity contribution in [1.29, 1.82) is 0 Å². The number of hydrogen-bond acceptors (Lipinski definition) is 4. The van der Waals surface area contributed by atoms with Gasteiger partial charge in [0, 0.05) is 18.5 Å². The van der Waals surface area contributed by atoms with Gasteiger partial charge >= 0.3 is 0 Å². The summed E-state index contributed by atoms with van der Waals surface area (Å²) in [5.74, 6) is 1.46. The minimum Gasteiger partial charge on any atom is -0.494 e. The number of carbonyl (C=O) groups is 1. The molecule has 26 heavy (non-hydrogen) atoms. The van der Waals surface area contributed by atoms with Crippen molar-refractivity contribution in [3.63, 3.8) is 0 Å². The summed E-state index contributed by atoms with van der Waals surface area (Å²) in [5, 5.41) is 3.27. The number of amides is 1. The van der Waals surface area contributed by atoms with Gasteiger partial charge in [0.2, 0.25) is 5.89 Å². The van der Waals surface area contributed by atoms with Crippen LogP contribution in [-0.4, -0.2) is 24.5 Å². The molecule has 6 heteroatoms. The number of oxazole rings is 1. The van der Waals surface area contributed by atoms with Crippen LogP contribution >= 0.6 is 11.6 Å². The highest BCUT2D eigenvalue weighted by Crippen LogP contribution is 2.28. The first kappa shape index (κ1) is 18.0. The number of nitrogens with zero attached hydrogens (tertiary/aromatic N) is 1. The molecule has 1 N–H and O–H groups in total. The Balaban J connectivity index is 1.65. The van der Waals surface area contributed by atoms with E-state index in [0.717, 1.165) is 17.0 Å². The Bertz CT molecular complexity index is 907. The van der Waals surface area contributed by atoms with Crippen LogP contribution in [-0.2, 0) is 6.42 Å². The molecule has 0 radical (unpaired) electrons. The number of halogens is 1. The summed E-state index contributed by atoms with van der Waals surface area (Å²) < 4.78 is 10.9. The van der Waals surface area contributed by atoms with E-state index in [2.05, 4.69) is 10.3 Å². The van der Waals surface area contributed by atoms with Crippen molar-refractivity contribution in [2.24, 2.45) is 0 Å². The smallest absolute Gasteiger partial charge is 0.255 e. The zero-order valence-electron chi connectivity index (χ0n) is 14.6. The Kier molecular flexibility index (Phi) is 5.58. The Labute approximate surface area is 157 Å². The Morgan fingerprint density at radius 2 is 1.96 bits per heavy atom. The van der Waals surface area contributed by atoms with Crippen LogP contribution in [0.1, 0.15) is 21.8 Å². The molecule has 0 aliphatic heterocycles. The van der Waals surface area contributed by atoms with Gasteiger partial charge in [-0.3, -0.25) is 4.79 Å². The van der Waals surface area contributed by atoms with Gasteiger partial charge in [-0.15, -0.1) is 0 Å². The van der Waals surface area contributed by atoms with E-state index in [0.29, 0.717) is 35.2 Å². The van der Waals surface area contributed by atoms with Crippen LogP contribution in [0.4, 0.5) is 0 Å². The summed E-state index contributed by atoms with van der Waals surface area (Å²) >= 11 is 6.06. The van der Waals surface area contributed by atoms with E-state index in [1.165, 1.54) is 7.11 Å². The molecular formula is C20H19ClN2O3. The van der Waals surface area contributed by atoms with Crippen molar-refractivity contribution in [2.75, 3.05) is 13.7 Å². The molecule has 0 aliphatic carbocycles. The van der Waals surface area contributed by atoms with E-state index >= 15 is 0 Å². The summed E-state index contributed by atoms with van der Waals surface area (Å²) in [6, 6.07) is 14.8. The zero-order chi connectivity index (χ0) is 18.5. The number of nitrogens with one attached hydrogen (secondary N) is 1. The van der Waals surface area contributed by atoms with Crippen LogP contribution in [0.3, 0.4) is 0 Å². The Hall–Kier alpha value is -2.79.